The van der Waals surface area contributed by atoms with Crippen molar-refractivity contribution in [2.24, 2.45) is 0 Å². The first-order chi connectivity index (χ1) is 17.6. The molecule has 0 radical (unpaired) electrons. The highest BCUT2D eigenvalue weighted by atomic mass is 32.2. The van der Waals surface area contributed by atoms with Gasteiger partial charge in [-0.25, -0.2) is 8.42 Å². The molecule has 0 saturated heterocycles. The number of benzene rings is 2. The minimum atomic E-state index is -3.85. The fourth-order valence-electron chi connectivity index (χ4n) is 4.76. The molecule has 0 heterocycles. The van der Waals surface area contributed by atoms with Gasteiger partial charge < -0.3 is 10.2 Å². The van der Waals surface area contributed by atoms with Crippen molar-refractivity contribution in [3.05, 3.63) is 65.7 Å². The van der Waals surface area contributed by atoms with Crippen LogP contribution in [0.15, 0.2) is 54.6 Å². The van der Waals surface area contributed by atoms with Gasteiger partial charge in [0.25, 0.3) is 0 Å². The zero-order valence-corrected chi connectivity index (χ0v) is 22.7. The average molecular weight is 528 g/mol. The van der Waals surface area contributed by atoms with Crippen LogP contribution < -0.4 is 9.62 Å². The summed E-state index contributed by atoms with van der Waals surface area (Å²) in [5.41, 5.74) is 1.59. The number of rotatable bonds is 12. The van der Waals surface area contributed by atoms with E-state index in [9.17, 15) is 22.8 Å². The predicted octanol–water partition coefficient (Wildman–Crippen LogP) is 3.56. The predicted molar refractivity (Wildman–Crippen MR) is 145 cm³/mol. The maximum absolute atomic E-state index is 13.7. The number of sulfonamides is 1. The Hall–Kier alpha value is -3.20. The van der Waals surface area contributed by atoms with E-state index in [1.54, 1.807) is 18.2 Å². The van der Waals surface area contributed by atoms with Gasteiger partial charge >= 0.3 is 0 Å². The van der Waals surface area contributed by atoms with Crippen molar-refractivity contribution in [2.45, 2.75) is 64.5 Å². The summed E-state index contributed by atoms with van der Waals surface area (Å²) in [6, 6.07) is 15.3. The first-order valence-corrected chi connectivity index (χ1v) is 14.7. The summed E-state index contributed by atoms with van der Waals surface area (Å²) < 4.78 is 26.5. The van der Waals surface area contributed by atoms with E-state index >= 15 is 0 Å². The Kier molecular flexibility index (Phi) is 9.86. The molecular formula is C28H37N3O5S. The second kappa shape index (κ2) is 12.9. The molecular weight excluding hydrogens is 490 g/mol. The maximum atomic E-state index is 13.7. The largest absolute Gasteiger partial charge is 0.352 e. The van der Waals surface area contributed by atoms with E-state index in [1.165, 1.54) is 17.9 Å². The Morgan fingerprint density at radius 1 is 1.03 bits per heavy atom. The van der Waals surface area contributed by atoms with Gasteiger partial charge in [-0.2, -0.15) is 0 Å². The van der Waals surface area contributed by atoms with Gasteiger partial charge in [0, 0.05) is 18.2 Å². The quantitative estimate of drug-likeness (QED) is 0.425. The molecule has 2 amide bonds. The molecule has 1 N–H and O–H groups in total. The van der Waals surface area contributed by atoms with E-state index in [-0.39, 0.29) is 30.0 Å². The Bertz CT molecular complexity index is 1190. The number of ketones is 1. The highest BCUT2D eigenvalue weighted by Crippen LogP contribution is 2.22. The van der Waals surface area contributed by atoms with Crippen LogP contribution in [0.25, 0.3) is 0 Å². The number of hydrogen-bond donors (Lipinski definition) is 1. The minimum absolute atomic E-state index is 0.106. The van der Waals surface area contributed by atoms with E-state index in [1.807, 2.05) is 37.3 Å². The van der Waals surface area contributed by atoms with Crippen LogP contribution in [0.3, 0.4) is 0 Å². The molecule has 9 heteroatoms. The van der Waals surface area contributed by atoms with Crippen LogP contribution in [0.5, 0.6) is 0 Å². The molecule has 2 aromatic rings. The second-order valence-electron chi connectivity index (χ2n) is 9.61. The molecule has 0 spiro atoms. The van der Waals surface area contributed by atoms with Crippen molar-refractivity contribution in [2.75, 3.05) is 23.7 Å². The number of hydrogen-bond acceptors (Lipinski definition) is 5. The highest BCUT2D eigenvalue weighted by Gasteiger charge is 2.32. The van der Waals surface area contributed by atoms with Crippen molar-refractivity contribution in [3.8, 4) is 0 Å². The SMILES string of the molecule is CC[C@@H](C(=O)NC1CCCC1)N(CCc1ccccc1)C(=O)CN(c1cccc(C(C)=O)c1)S(C)(=O)=O. The van der Waals surface area contributed by atoms with Gasteiger partial charge in [0.2, 0.25) is 21.8 Å². The topological polar surface area (TPSA) is 104 Å². The number of carbonyl (C=O) groups excluding carboxylic acids is 3. The van der Waals surface area contributed by atoms with E-state index < -0.39 is 28.5 Å². The molecule has 1 aliphatic rings. The van der Waals surface area contributed by atoms with Crippen LogP contribution in [-0.4, -0.2) is 62.3 Å². The van der Waals surface area contributed by atoms with Crippen LogP contribution in [0, 0.1) is 0 Å². The molecule has 2 aromatic carbocycles. The molecule has 1 aliphatic carbocycles. The molecule has 0 bridgehead atoms. The average Bonchev–Trinajstić information content (AvgIpc) is 3.37. The smallest absolute Gasteiger partial charge is 0.244 e. The lowest BCUT2D eigenvalue weighted by atomic mass is 10.1. The van der Waals surface area contributed by atoms with E-state index in [4.69, 9.17) is 0 Å². The van der Waals surface area contributed by atoms with Crippen molar-refractivity contribution >= 4 is 33.3 Å². The van der Waals surface area contributed by atoms with Gasteiger partial charge in [-0.05, 0) is 50.3 Å². The van der Waals surface area contributed by atoms with Crippen LogP contribution in [0.4, 0.5) is 5.69 Å². The Morgan fingerprint density at radius 2 is 1.70 bits per heavy atom. The Balaban J connectivity index is 1.89. The molecule has 1 saturated carbocycles. The molecule has 3 rings (SSSR count). The molecule has 1 fully saturated rings. The molecule has 0 aromatic heterocycles. The normalized spacial score (nSPS) is 14.7. The zero-order valence-electron chi connectivity index (χ0n) is 21.9. The third-order valence-electron chi connectivity index (χ3n) is 6.79. The minimum Gasteiger partial charge on any atom is -0.352 e. The second-order valence-corrected chi connectivity index (χ2v) is 11.5. The van der Waals surface area contributed by atoms with E-state index in [2.05, 4.69) is 5.32 Å². The summed E-state index contributed by atoms with van der Waals surface area (Å²) in [4.78, 5) is 40.4. The number of nitrogens with zero attached hydrogens (tertiary/aromatic N) is 2. The van der Waals surface area contributed by atoms with Crippen molar-refractivity contribution in [1.29, 1.82) is 0 Å². The summed E-state index contributed by atoms with van der Waals surface area (Å²) in [7, 11) is -3.85. The van der Waals surface area contributed by atoms with Crippen molar-refractivity contribution in [1.82, 2.24) is 10.2 Å². The van der Waals surface area contributed by atoms with Gasteiger partial charge in [0.1, 0.15) is 12.6 Å². The van der Waals surface area contributed by atoms with Crippen LogP contribution in [-0.2, 0) is 26.0 Å². The molecule has 8 nitrogen and oxygen atoms in total. The monoisotopic (exact) mass is 527 g/mol. The van der Waals surface area contributed by atoms with Crippen molar-refractivity contribution < 1.29 is 22.8 Å². The summed E-state index contributed by atoms with van der Waals surface area (Å²) in [6.07, 6.45) is 5.94. The van der Waals surface area contributed by atoms with Gasteiger partial charge in [-0.15, -0.1) is 0 Å². The third-order valence-corrected chi connectivity index (χ3v) is 7.93. The van der Waals surface area contributed by atoms with Crippen LogP contribution in [0.1, 0.15) is 61.9 Å². The maximum Gasteiger partial charge on any atom is 0.244 e. The molecule has 1 atom stereocenters. The van der Waals surface area contributed by atoms with Gasteiger partial charge in [-0.1, -0.05) is 62.2 Å². The number of Topliss-reactive ketones (excluding diaryl/α,β-unsaturated/α-hetero) is 1. The van der Waals surface area contributed by atoms with Gasteiger partial charge in [0.05, 0.1) is 11.9 Å². The lowest BCUT2D eigenvalue weighted by molar-refractivity contribution is -0.139. The first kappa shape index (κ1) is 28.4. The van der Waals surface area contributed by atoms with Gasteiger partial charge in [-0.3, -0.25) is 18.7 Å². The lowest BCUT2D eigenvalue weighted by Gasteiger charge is -2.33. The first-order valence-electron chi connectivity index (χ1n) is 12.8. The van der Waals surface area contributed by atoms with E-state index in [0.717, 1.165) is 41.8 Å². The standard InChI is InChI=1S/C28H37N3O5S/c1-4-26(28(34)29-24-14-8-9-15-24)30(18-17-22-11-6-5-7-12-22)27(33)20-31(37(3,35)36)25-16-10-13-23(19-25)21(2)32/h5-7,10-13,16,19,24,26H,4,8-9,14-15,17-18,20H2,1-3H3,(H,29,34)/t26-/m0/s1. The zero-order chi connectivity index (χ0) is 27.0. The Labute approximate surface area is 220 Å². The molecule has 37 heavy (non-hydrogen) atoms. The third kappa shape index (κ3) is 7.89. The summed E-state index contributed by atoms with van der Waals surface area (Å²) >= 11 is 0. The fourth-order valence-corrected chi connectivity index (χ4v) is 5.60. The summed E-state index contributed by atoms with van der Waals surface area (Å²) in [6.45, 7) is 3.05. The fraction of sp³-hybridized carbons (Fsp3) is 0.464. The Morgan fingerprint density at radius 3 is 2.30 bits per heavy atom. The highest BCUT2D eigenvalue weighted by molar-refractivity contribution is 7.92. The molecule has 200 valence electrons. The van der Waals surface area contributed by atoms with Crippen molar-refractivity contribution in [3.63, 3.8) is 0 Å². The van der Waals surface area contributed by atoms with Crippen LogP contribution >= 0.6 is 0 Å². The number of carbonyl (C=O) groups is 3. The molecule has 0 unspecified atom stereocenters. The number of nitrogens with one attached hydrogen (secondary N) is 1. The summed E-state index contributed by atoms with van der Waals surface area (Å²) in [5.74, 6) is -0.885. The van der Waals surface area contributed by atoms with Gasteiger partial charge in [0.15, 0.2) is 5.78 Å². The number of anilines is 1. The lowest BCUT2D eigenvalue weighted by Crippen LogP contribution is -2.54. The number of amides is 2. The van der Waals surface area contributed by atoms with E-state index in [0.29, 0.717) is 18.4 Å². The summed E-state index contributed by atoms with van der Waals surface area (Å²) in [5, 5.41) is 3.10. The molecule has 0 aliphatic heterocycles. The van der Waals surface area contributed by atoms with Crippen LogP contribution in [0.2, 0.25) is 0 Å².